The molecule has 7 heteroatoms. The van der Waals surface area contributed by atoms with E-state index < -0.39 is 0 Å². The molecule has 0 spiro atoms. The van der Waals surface area contributed by atoms with Crippen LogP contribution in [-0.4, -0.2) is 33.5 Å². The van der Waals surface area contributed by atoms with Gasteiger partial charge < -0.3 is 4.90 Å². The average Bonchev–Trinajstić information content (AvgIpc) is 2.40. The summed E-state index contributed by atoms with van der Waals surface area (Å²) in [5.41, 5.74) is 5.49. The molecule has 6 nitrogen and oxygen atoms in total. The molecule has 0 saturated carbocycles. The number of carbonyl (C=O) groups is 1. The fraction of sp³-hybridized carbons (Fsp3) is 0.615. The van der Waals surface area contributed by atoms with E-state index in [1.165, 1.54) is 12.4 Å². The van der Waals surface area contributed by atoms with Gasteiger partial charge in [-0.15, -0.1) is 0 Å². The van der Waals surface area contributed by atoms with Crippen LogP contribution >= 0.6 is 11.6 Å². The second kappa shape index (κ2) is 5.83. The van der Waals surface area contributed by atoms with Gasteiger partial charge in [0.15, 0.2) is 11.0 Å². The van der Waals surface area contributed by atoms with Gasteiger partial charge in [-0.25, -0.2) is 14.8 Å². The summed E-state index contributed by atoms with van der Waals surface area (Å²) in [4.78, 5) is 22.0. The van der Waals surface area contributed by atoms with E-state index in [-0.39, 0.29) is 22.6 Å². The van der Waals surface area contributed by atoms with Crippen molar-refractivity contribution in [2.75, 3.05) is 12.0 Å². The molecule has 1 unspecified atom stereocenters. The van der Waals surface area contributed by atoms with Crippen LogP contribution in [0.5, 0.6) is 0 Å². The van der Waals surface area contributed by atoms with Crippen LogP contribution in [-0.2, 0) is 0 Å². The third-order valence-electron chi connectivity index (χ3n) is 3.57. The van der Waals surface area contributed by atoms with Gasteiger partial charge in [0, 0.05) is 25.0 Å². The third-order valence-corrected chi connectivity index (χ3v) is 3.85. The van der Waals surface area contributed by atoms with E-state index in [0.29, 0.717) is 5.82 Å². The van der Waals surface area contributed by atoms with Gasteiger partial charge in [0.2, 0.25) is 0 Å². The highest BCUT2D eigenvalue weighted by Gasteiger charge is 2.33. The molecule has 1 atom stereocenters. The largest absolute Gasteiger partial charge is 0.336 e. The predicted molar refractivity (Wildman–Crippen MR) is 78.4 cm³/mol. The summed E-state index contributed by atoms with van der Waals surface area (Å²) in [5.74, 6) is 0.339. The van der Waals surface area contributed by atoms with E-state index in [1.807, 2.05) is 4.90 Å². The number of halogens is 1. The van der Waals surface area contributed by atoms with Gasteiger partial charge in [-0.05, 0) is 25.2 Å². The summed E-state index contributed by atoms with van der Waals surface area (Å²) < 4.78 is 0. The van der Waals surface area contributed by atoms with E-state index in [0.717, 1.165) is 19.4 Å². The molecule has 1 saturated heterocycles. The van der Waals surface area contributed by atoms with E-state index in [1.54, 1.807) is 0 Å². The number of carbonyl (C=O) groups excluding carboxylic acids is 1. The van der Waals surface area contributed by atoms with Crippen molar-refractivity contribution in [1.29, 1.82) is 0 Å². The van der Waals surface area contributed by atoms with Crippen molar-refractivity contribution >= 4 is 23.4 Å². The summed E-state index contributed by atoms with van der Waals surface area (Å²) in [7, 11) is 0. The van der Waals surface area contributed by atoms with Crippen molar-refractivity contribution in [3.8, 4) is 0 Å². The first-order valence-corrected chi connectivity index (χ1v) is 7.06. The lowest BCUT2D eigenvalue weighted by Crippen LogP contribution is -2.53. The Morgan fingerprint density at radius 2 is 2.15 bits per heavy atom. The van der Waals surface area contributed by atoms with Crippen LogP contribution in [0.25, 0.3) is 0 Å². The van der Waals surface area contributed by atoms with Crippen LogP contribution in [0.1, 0.15) is 33.6 Å². The topological polar surface area (TPSA) is 70.2 Å². The van der Waals surface area contributed by atoms with Crippen molar-refractivity contribution in [3.63, 3.8) is 0 Å². The first-order valence-electron chi connectivity index (χ1n) is 6.68. The number of aromatic nitrogens is 2. The van der Waals surface area contributed by atoms with E-state index in [2.05, 4.69) is 41.6 Å². The molecule has 1 aliphatic rings. The minimum absolute atomic E-state index is 0.147. The standard InChI is InChI=1S/C13H20ClN5O/c1-9-4-5-13(2,3)8-19(9)12(20)18-17-11-10(14)15-6-7-16-11/h6-7,9H,4-5,8H2,1-3H3,(H,16,17)(H,18,20). The van der Waals surface area contributed by atoms with Gasteiger partial charge in [-0.3, -0.25) is 10.9 Å². The van der Waals surface area contributed by atoms with Gasteiger partial charge in [-0.1, -0.05) is 25.4 Å². The van der Waals surface area contributed by atoms with Crippen molar-refractivity contribution in [3.05, 3.63) is 17.5 Å². The smallest absolute Gasteiger partial charge is 0.320 e. The molecule has 1 aromatic heterocycles. The molecule has 2 heterocycles. The maximum absolute atomic E-state index is 12.2. The Kier molecular flexibility index (Phi) is 4.32. The highest BCUT2D eigenvalue weighted by Crippen LogP contribution is 2.31. The van der Waals surface area contributed by atoms with Gasteiger partial charge in [-0.2, -0.15) is 0 Å². The Hall–Kier alpha value is -1.56. The number of hydrazine groups is 1. The van der Waals surface area contributed by atoms with Gasteiger partial charge >= 0.3 is 6.03 Å². The number of nitrogens with one attached hydrogen (secondary N) is 2. The fourth-order valence-electron chi connectivity index (χ4n) is 2.31. The first kappa shape index (κ1) is 14.8. The average molecular weight is 298 g/mol. The highest BCUT2D eigenvalue weighted by molar-refractivity contribution is 6.31. The lowest BCUT2D eigenvalue weighted by molar-refractivity contribution is 0.0950. The SMILES string of the molecule is CC1CCC(C)(C)CN1C(=O)NNc1nccnc1Cl. The normalized spacial score (nSPS) is 21.4. The Bertz CT molecular complexity index is 493. The zero-order chi connectivity index (χ0) is 14.8. The van der Waals surface area contributed by atoms with Crippen molar-refractivity contribution in [2.45, 2.75) is 39.7 Å². The zero-order valence-corrected chi connectivity index (χ0v) is 12.7. The number of hydrogen-bond donors (Lipinski definition) is 2. The molecule has 0 radical (unpaired) electrons. The van der Waals surface area contributed by atoms with Gasteiger partial charge in [0.05, 0.1) is 0 Å². The van der Waals surface area contributed by atoms with Crippen molar-refractivity contribution in [2.24, 2.45) is 5.41 Å². The Morgan fingerprint density at radius 3 is 2.85 bits per heavy atom. The summed E-state index contributed by atoms with van der Waals surface area (Å²) in [6.07, 6.45) is 5.13. The fourth-order valence-corrected chi connectivity index (χ4v) is 2.47. The molecule has 1 aromatic rings. The number of urea groups is 1. The molecule has 110 valence electrons. The molecule has 2 rings (SSSR count). The molecule has 0 aliphatic carbocycles. The molecule has 2 N–H and O–H groups in total. The van der Waals surface area contributed by atoms with E-state index >= 15 is 0 Å². The highest BCUT2D eigenvalue weighted by atomic mass is 35.5. The molecule has 0 bridgehead atoms. The Balaban J connectivity index is 1.96. The summed E-state index contributed by atoms with van der Waals surface area (Å²) in [5, 5.41) is 0.222. The Labute approximate surface area is 123 Å². The first-order chi connectivity index (χ1) is 9.39. The summed E-state index contributed by atoms with van der Waals surface area (Å²) in [6, 6.07) is 0.0501. The minimum Gasteiger partial charge on any atom is -0.320 e. The van der Waals surface area contributed by atoms with Crippen LogP contribution in [0.15, 0.2) is 12.4 Å². The second-order valence-corrected chi connectivity index (χ2v) is 6.29. The van der Waals surface area contributed by atoms with E-state index in [4.69, 9.17) is 11.6 Å². The monoisotopic (exact) mass is 297 g/mol. The van der Waals surface area contributed by atoms with Crippen LogP contribution in [0.4, 0.5) is 10.6 Å². The number of likely N-dealkylation sites (tertiary alicyclic amines) is 1. The predicted octanol–water partition coefficient (Wildman–Crippen LogP) is 2.68. The molecule has 2 amide bonds. The Morgan fingerprint density at radius 1 is 1.45 bits per heavy atom. The molecule has 0 aromatic carbocycles. The van der Waals surface area contributed by atoms with Crippen LogP contribution in [0.2, 0.25) is 5.15 Å². The minimum atomic E-state index is -0.174. The van der Waals surface area contributed by atoms with Crippen molar-refractivity contribution in [1.82, 2.24) is 20.3 Å². The number of rotatable bonds is 2. The number of amides is 2. The third kappa shape index (κ3) is 3.50. The van der Waals surface area contributed by atoms with Crippen LogP contribution in [0.3, 0.4) is 0 Å². The van der Waals surface area contributed by atoms with Crippen LogP contribution in [0, 0.1) is 5.41 Å². The number of nitrogens with zero attached hydrogens (tertiary/aromatic N) is 3. The van der Waals surface area contributed by atoms with Crippen molar-refractivity contribution < 1.29 is 4.79 Å². The van der Waals surface area contributed by atoms with Gasteiger partial charge in [0.25, 0.3) is 0 Å². The van der Waals surface area contributed by atoms with E-state index in [9.17, 15) is 4.79 Å². The molecule has 1 aliphatic heterocycles. The lowest BCUT2D eigenvalue weighted by atomic mass is 9.82. The molecule has 20 heavy (non-hydrogen) atoms. The number of anilines is 1. The maximum atomic E-state index is 12.2. The lowest BCUT2D eigenvalue weighted by Gasteiger charge is -2.42. The van der Waals surface area contributed by atoms with Crippen LogP contribution < -0.4 is 10.9 Å². The molecule has 1 fully saturated rings. The summed E-state index contributed by atoms with van der Waals surface area (Å²) >= 11 is 5.87. The number of hydrogen-bond acceptors (Lipinski definition) is 4. The maximum Gasteiger partial charge on any atom is 0.336 e. The van der Waals surface area contributed by atoms with Gasteiger partial charge in [0.1, 0.15) is 0 Å². The molecular weight excluding hydrogens is 278 g/mol. The molecular formula is C13H20ClN5O. The second-order valence-electron chi connectivity index (χ2n) is 5.93. The quantitative estimate of drug-likeness (QED) is 0.823. The number of piperidine rings is 1. The zero-order valence-electron chi connectivity index (χ0n) is 12.0. The summed E-state index contributed by atoms with van der Waals surface area (Å²) in [6.45, 7) is 7.14.